The van der Waals surface area contributed by atoms with Crippen LogP contribution in [-0.4, -0.2) is 10.9 Å². The molecule has 3 nitrogen and oxygen atoms in total. The van der Waals surface area contributed by atoms with Crippen molar-refractivity contribution in [1.82, 2.24) is 4.98 Å². The lowest BCUT2D eigenvalue weighted by Crippen LogP contribution is -2.15. The zero-order valence-electron chi connectivity index (χ0n) is 12.9. The Hall–Kier alpha value is -2.72. The fourth-order valence-electron chi connectivity index (χ4n) is 2.35. The van der Waals surface area contributed by atoms with Gasteiger partial charge in [-0.05, 0) is 37.3 Å². The quantitative estimate of drug-likeness (QED) is 0.720. The number of amides is 1. The number of rotatable bonds is 3. The van der Waals surface area contributed by atoms with Crippen LogP contribution in [0.1, 0.15) is 16.1 Å². The summed E-state index contributed by atoms with van der Waals surface area (Å²) in [6.45, 7) is 1.75. The van der Waals surface area contributed by atoms with E-state index in [-0.39, 0.29) is 10.7 Å². The molecule has 0 bridgehead atoms. The molecule has 2 aromatic carbocycles. The maximum atomic E-state index is 13.8. The topological polar surface area (TPSA) is 42.0 Å². The van der Waals surface area contributed by atoms with Gasteiger partial charge in [-0.15, -0.1) is 0 Å². The molecule has 5 heteroatoms. The monoisotopic (exact) mass is 340 g/mol. The molecule has 24 heavy (non-hydrogen) atoms. The minimum absolute atomic E-state index is 0.0796. The maximum Gasteiger partial charge on any atom is 0.257 e. The predicted octanol–water partition coefficient (Wildman–Crippen LogP) is 5.10. The van der Waals surface area contributed by atoms with E-state index < -0.39 is 11.7 Å². The first kappa shape index (κ1) is 16.1. The Kier molecular flexibility index (Phi) is 4.58. The Bertz CT molecular complexity index is 897. The maximum absolute atomic E-state index is 13.8. The van der Waals surface area contributed by atoms with Gasteiger partial charge >= 0.3 is 0 Å². The number of pyridine rings is 1. The van der Waals surface area contributed by atoms with Gasteiger partial charge in [-0.1, -0.05) is 41.9 Å². The van der Waals surface area contributed by atoms with Crippen molar-refractivity contribution in [3.63, 3.8) is 0 Å². The SMILES string of the molecule is Cc1nc(-c2ccccc2)ccc1C(=O)Nc1ccc(Cl)cc1F. The lowest BCUT2D eigenvalue weighted by Gasteiger charge is -2.10. The van der Waals surface area contributed by atoms with E-state index in [1.54, 1.807) is 19.1 Å². The van der Waals surface area contributed by atoms with Crippen molar-refractivity contribution < 1.29 is 9.18 Å². The molecule has 3 aromatic rings. The van der Waals surface area contributed by atoms with Gasteiger partial charge in [0.25, 0.3) is 5.91 Å². The van der Waals surface area contributed by atoms with Crippen molar-refractivity contribution in [2.75, 3.05) is 5.32 Å². The van der Waals surface area contributed by atoms with Gasteiger partial charge in [0, 0.05) is 10.6 Å². The molecule has 1 aromatic heterocycles. The molecular weight excluding hydrogens is 327 g/mol. The number of benzene rings is 2. The highest BCUT2D eigenvalue weighted by atomic mass is 35.5. The number of hydrogen-bond donors (Lipinski definition) is 1. The Morgan fingerprint density at radius 3 is 2.50 bits per heavy atom. The fourth-order valence-corrected chi connectivity index (χ4v) is 2.51. The number of aryl methyl sites for hydroxylation is 1. The summed E-state index contributed by atoms with van der Waals surface area (Å²) in [6.07, 6.45) is 0. The van der Waals surface area contributed by atoms with E-state index in [2.05, 4.69) is 10.3 Å². The molecule has 0 unspecified atom stereocenters. The molecule has 120 valence electrons. The number of nitrogens with one attached hydrogen (secondary N) is 1. The van der Waals surface area contributed by atoms with Gasteiger partial charge in [0.1, 0.15) is 5.82 Å². The molecule has 0 atom stereocenters. The second-order valence-electron chi connectivity index (χ2n) is 5.27. The number of anilines is 1. The van der Waals surface area contributed by atoms with Crippen LogP contribution in [0.3, 0.4) is 0 Å². The second kappa shape index (κ2) is 6.81. The Balaban J connectivity index is 1.85. The summed E-state index contributed by atoms with van der Waals surface area (Å²) in [5.41, 5.74) is 2.79. The van der Waals surface area contributed by atoms with Crippen LogP contribution in [0.15, 0.2) is 60.7 Å². The minimum Gasteiger partial charge on any atom is -0.319 e. The van der Waals surface area contributed by atoms with Crippen molar-refractivity contribution >= 4 is 23.2 Å². The van der Waals surface area contributed by atoms with Crippen molar-refractivity contribution in [3.05, 3.63) is 82.8 Å². The van der Waals surface area contributed by atoms with E-state index in [0.717, 1.165) is 17.3 Å². The summed E-state index contributed by atoms with van der Waals surface area (Å²) in [4.78, 5) is 16.8. The summed E-state index contributed by atoms with van der Waals surface area (Å²) >= 11 is 5.71. The van der Waals surface area contributed by atoms with Gasteiger partial charge in [0.05, 0.1) is 22.6 Å². The zero-order chi connectivity index (χ0) is 17.1. The highest BCUT2D eigenvalue weighted by molar-refractivity contribution is 6.30. The third-order valence-corrected chi connectivity index (χ3v) is 3.81. The summed E-state index contributed by atoms with van der Waals surface area (Å²) < 4.78 is 13.8. The van der Waals surface area contributed by atoms with Crippen LogP contribution in [0.5, 0.6) is 0 Å². The molecule has 0 radical (unpaired) electrons. The molecule has 3 rings (SSSR count). The Morgan fingerprint density at radius 2 is 1.83 bits per heavy atom. The Morgan fingerprint density at radius 1 is 1.08 bits per heavy atom. The van der Waals surface area contributed by atoms with E-state index in [0.29, 0.717) is 11.3 Å². The molecule has 0 aliphatic rings. The van der Waals surface area contributed by atoms with E-state index >= 15 is 0 Å². The molecule has 0 spiro atoms. The van der Waals surface area contributed by atoms with E-state index in [1.807, 2.05) is 30.3 Å². The van der Waals surface area contributed by atoms with E-state index in [1.165, 1.54) is 12.1 Å². The van der Waals surface area contributed by atoms with Gasteiger partial charge in [-0.2, -0.15) is 0 Å². The first-order valence-electron chi connectivity index (χ1n) is 7.34. The van der Waals surface area contributed by atoms with Crippen LogP contribution in [0.25, 0.3) is 11.3 Å². The van der Waals surface area contributed by atoms with Gasteiger partial charge < -0.3 is 5.32 Å². The molecule has 0 fully saturated rings. The summed E-state index contributed by atoms with van der Waals surface area (Å²) in [7, 11) is 0. The molecule has 1 N–H and O–H groups in total. The highest BCUT2D eigenvalue weighted by Crippen LogP contribution is 2.22. The van der Waals surface area contributed by atoms with Gasteiger partial charge in [0.15, 0.2) is 0 Å². The van der Waals surface area contributed by atoms with Crippen molar-refractivity contribution in [1.29, 1.82) is 0 Å². The number of nitrogens with zero attached hydrogens (tertiary/aromatic N) is 1. The molecule has 0 aliphatic carbocycles. The van der Waals surface area contributed by atoms with Gasteiger partial charge in [0.2, 0.25) is 0 Å². The smallest absolute Gasteiger partial charge is 0.257 e. The van der Waals surface area contributed by atoms with Crippen LogP contribution in [0.2, 0.25) is 5.02 Å². The number of carbonyl (C=O) groups is 1. The number of carbonyl (C=O) groups excluding carboxylic acids is 1. The molecular formula is C19H14ClFN2O. The molecule has 0 saturated carbocycles. The summed E-state index contributed by atoms with van der Waals surface area (Å²) in [5.74, 6) is -0.997. The second-order valence-corrected chi connectivity index (χ2v) is 5.71. The minimum atomic E-state index is -0.581. The lowest BCUT2D eigenvalue weighted by molar-refractivity contribution is 0.102. The van der Waals surface area contributed by atoms with Crippen LogP contribution < -0.4 is 5.32 Å². The molecule has 0 saturated heterocycles. The van der Waals surface area contributed by atoms with Crippen LogP contribution in [0.4, 0.5) is 10.1 Å². The van der Waals surface area contributed by atoms with Gasteiger partial charge in [-0.25, -0.2) is 4.39 Å². The normalized spacial score (nSPS) is 10.5. The van der Waals surface area contributed by atoms with E-state index in [4.69, 9.17) is 11.6 Å². The first-order valence-corrected chi connectivity index (χ1v) is 7.72. The first-order chi connectivity index (χ1) is 11.5. The zero-order valence-corrected chi connectivity index (χ0v) is 13.6. The highest BCUT2D eigenvalue weighted by Gasteiger charge is 2.13. The molecule has 1 heterocycles. The van der Waals surface area contributed by atoms with Crippen molar-refractivity contribution in [3.8, 4) is 11.3 Å². The average Bonchev–Trinajstić information content (AvgIpc) is 2.58. The number of halogens is 2. The predicted molar refractivity (Wildman–Crippen MR) is 93.8 cm³/mol. The van der Waals surface area contributed by atoms with Crippen LogP contribution in [0, 0.1) is 12.7 Å². The number of aromatic nitrogens is 1. The van der Waals surface area contributed by atoms with Crippen LogP contribution in [-0.2, 0) is 0 Å². The lowest BCUT2D eigenvalue weighted by atomic mass is 10.1. The molecule has 0 aliphatic heterocycles. The third kappa shape index (κ3) is 3.44. The Labute approximate surface area is 144 Å². The third-order valence-electron chi connectivity index (χ3n) is 3.58. The number of hydrogen-bond acceptors (Lipinski definition) is 2. The average molecular weight is 341 g/mol. The standard InChI is InChI=1S/C19H14ClFN2O/c1-12-15(8-10-17(22-12)13-5-3-2-4-6-13)19(24)23-18-9-7-14(20)11-16(18)21/h2-11H,1H3,(H,23,24). The van der Waals surface area contributed by atoms with Crippen molar-refractivity contribution in [2.45, 2.75) is 6.92 Å². The largest absolute Gasteiger partial charge is 0.319 e. The van der Waals surface area contributed by atoms with E-state index in [9.17, 15) is 9.18 Å². The summed E-state index contributed by atoms with van der Waals surface area (Å²) in [6, 6.07) is 17.2. The molecule has 1 amide bonds. The van der Waals surface area contributed by atoms with Crippen LogP contribution >= 0.6 is 11.6 Å². The fraction of sp³-hybridized carbons (Fsp3) is 0.0526. The van der Waals surface area contributed by atoms with Gasteiger partial charge in [-0.3, -0.25) is 9.78 Å². The summed E-state index contributed by atoms with van der Waals surface area (Å²) in [5, 5.41) is 2.81. The van der Waals surface area contributed by atoms with Crippen molar-refractivity contribution in [2.24, 2.45) is 0 Å².